The number of aromatic nitrogens is 1. The summed E-state index contributed by atoms with van der Waals surface area (Å²) in [6.45, 7) is 5.76. The molecule has 0 aliphatic heterocycles. The Bertz CT molecular complexity index is 529. The van der Waals surface area contributed by atoms with Crippen molar-refractivity contribution >= 4 is 17.8 Å². The molecule has 0 radical (unpaired) electrons. The number of amides is 2. The normalized spacial score (nSPS) is 11.0. The molecule has 7 heteroatoms. The zero-order valence-corrected chi connectivity index (χ0v) is 12.5. The molecule has 1 aromatic heterocycles. The molecule has 0 bridgehead atoms. The lowest BCUT2D eigenvalue weighted by Crippen LogP contribution is -2.42. The number of nitrogens with one attached hydrogen (secondary N) is 2. The van der Waals surface area contributed by atoms with E-state index in [2.05, 4.69) is 10.6 Å². The van der Waals surface area contributed by atoms with Crippen LogP contribution in [-0.2, 0) is 16.1 Å². The summed E-state index contributed by atoms with van der Waals surface area (Å²) in [5.74, 6) is -1.57. The number of carbonyl (C=O) groups excluding carboxylic acids is 2. The summed E-state index contributed by atoms with van der Waals surface area (Å²) >= 11 is 0. The fourth-order valence-electron chi connectivity index (χ4n) is 1.75. The van der Waals surface area contributed by atoms with Crippen LogP contribution >= 0.6 is 0 Å². The number of aromatic carboxylic acids is 1. The molecule has 0 unspecified atom stereocenters. The Hall–Kier alpha value is -2.31. The van der Waals surface area contributed by atoms with E-state index in [0.29, 0.717) is 0 Å². The van der Waals surface area contributed by atoms with Gasteiger partial charge < -0.3 is 20.3 Å². The average Bonchev–Trinajstić information content (AvgIpc) is 2.74. The Balaban J connectivity index is 2.36. The zero-order valence-electron chi connectivity index (χ0n) is 12.5. The molecule has 21 heavy (non-hydrogen) atoms. The summed E-state index contributed by atoms with van der Waals surface area (Å²) in [7, 11) is 0. The number of carboxylic acids is 1. The fourth-order valence-corrected chi connectivity index (χ4v) is 1.75. The summed E-state index contributed by atoms with van der Waals surface area (Å²) in [6, 6.07) is 2.99. The van der Waals surface area contributed by atoms with Crippen LogP contribution in [0.25, 0.3) is 0 Å². The maximum atomic E-state index is 11.7. The van der Waals surface area contributed by atoms with Crippen molar-refractivity contribution in [1.29, 1.82) is 0 Å². The van der Waals surface area contributed by atoms with E-state index in [1.165, 1.54) is 16.8 Å². The molecule has 0 atom stereocenters. The first-order valence-electron chi connectivity index (χ1n) is 6.65. The lowest BCUT2D eigenvalue weighted by atomic mass is 10.1. The van der Waals surface area contributed by atoms with E-state index in [0.717, 1.165) is 0 Å². The topological polar surface area (TPSA) is 100 Å². The average molecular weight is 295 g/mol. The predicted molar refractivity (Wildman–Crippen MR) is 76.9 cm³/mol. The van der Waals surface area contributed by atoms with Gasteiger partial charge in [0.05, 0.1) is 0 Å². The monoisotopic (exact) mass is 295 g/mol. The summed E-state index contributed by atoms with van der Waals surface area (Å²) in [5.41, 5.74) is -0.251. The highest BCUT2D eigenvalue weighted by Gasteiger charge is 2.14. The molecule has 0 aromatic carbocycles. The van der Waals surface area contributed by atoms with Crippen molar-refractivity contribution in [3.8, 4) is 0 Å². The fraction of sp³-hybridized carbons (Fsp3) is 0.500. The molecule has 2 amide bonds. The number of nitrogens with zero attached hydrogens (tertiary/aromatic N) is 1. The van der Waals surface area contributed by atoms with E-state index in [-0.39, 0.29) is 42.6 Å². The van der Waals surface area contributed by atoms with Gasteiger partial charge in [0.15, 0.2) is 0 Å². The lowest BCUT2D eigenvalue weighted by Gasteiger charge is -2.20. The van der Waals surface area contributed by atoms with Gasteiger partial charge in [0.1, 0.15) is 12.2 Å². The summed E-state index contributed by atoms with van der Waals surface area (Å²) in [4.78, 5) is 34.1. The number of hydrogen-bond donors (Lipinski definition) is 3. The van der Waals surface area contributed by atoms with E-state index in [1.54, 1.807) is 6.07 Å². The second-order valence-electron chi connectivity index (χ2n) is 5.72. The Labute approximate surface area is 123 Å². The van der Waals surface area contributed by atoms with E-state index < -0.39 is 5.97 Å². The summed E-state index contributed by atoms with van der Waals surface area (Å²) in [6.07, 6.45) is 1.70. The number of hydrogen-bond acceptors (Lipinski definition) is 3. The lowest BCUT2D eigenvalue weighted by molar-refractivity contribution is -0.123. The minimum absolute atomic E-state index is 0.0515. The third-order valence-electron chi connectivity index (χ3n) is 2.55. The SMILES string of the molecule is CC(C)(C)NC(=O)CCNC(=O)Cn1cccc1C(=O)O. The highest BCUT2D eigenvalue weighted by atomic mass is 16.4. The largest absolute Gasteiger partial charge is 0.477 e. The number of carboxylic acid groups (broad SMARTS) is 1. The molecule has 0 aliphatic carbocycles. The molecule has 1 aromatic rings. The molecule has 3 N–H and O–H groups in total. The molecule has 116 valence electrons. The zero-order chi connectivity index (χ0) is 16.0. The van der Waals surface area contributed by atoms with Gasteiger partial charge in [0.2, 0.25) is 11.8 Å². The van der Waals surface area contributed by atoms with Crippen LogP contribution in [0, 0.1) is 0 Å². The highest BCUT2D eigenvalue weighted by molar-refractivity contribution is 5.87. The van der Waals surface area contributed by atoms with Crippen molar-refractivity contribution in [3.63, 3.8) is 0 Å². The predicted octanol–water partition coefficient (Wildman–Crippen LogP) is 0.607. The van der Waals surface area contributed by atoms with Crippen molar-refractivity contribution in [2.75, 3.05) is 6.54 Å². The van der Waals surface area contributed by atoms with E-state index in [1.807, 2.05) is 20.8 Å². The number of rotatable bonds is 6. The van der Waals surface area contributed by atoms with Crippen molar-refractivity contribution in [2.45, 2.75) is 39.3 Å². The molecule has 0 spiro atoms. The summed E-state index contributed by atoms with van der Waals surface area (Å²) in [5, 5.41) is 14.3. The van der Waals surface area contributed by atoms with Crippen molar-refractivity contribution < 1.29 is 19.5 Å². The third kappa shape index (κ3) is 6.11. The minimum Gasteiger partial charge on any atom is -0.477 e. The smallest absolute Gasteiger partial charge is 0.352 e. The molecule has 0 aliphatic rings. The second kappa shape index (κ2) is 6.92. The Morgan fingerprint density at radius 2 is 1.90 bits per heavy atom. The van der Waals surface area contributed by atoms with Gasteiger partial charge in [0, 0.05) is 24.7 Å². The van der Waals surface area contributed by atoms with Crippen LogP contribution in [0.1, 0.15) is 37.7 Å². The van der Waals surface area contributed by atoms with Crippen molar-refractivity contribution in [2.24, 2.45) is 0 Å². The van der Waals surface area contributed by atoms with Gasteiger partial charge >= 0.3 is 5.97 Å². The van der Waals surface area contributed by atoms with Gasteiger partial charge in [-0.15, -0.1) is 0 Å². The van der Waals surface area contributed by atoms with E-state index >= 15 is 0 Å². The van der Waals surface area contributed by atoms with Crippen LogP contribution in [0.5, 0.6) is 0 Å². The molecular formula is C14H21N3O4. The van der Waals surface area contributed by atoms with Crippen molar-refractivity contribution in [1.82, 2.24) is 15.2 Å². The van der Waals surface area contributed by atoms with Crippen LogP contribution in [0.4, 0.5) is 0 Å². The first kappa shape index (κ1) is 16.7. The van der Waals surface area contributed by atoms with Gasteiger partial charge in [-0.3, -0.25) is 9.59 Å². The maximum Gasteiger partial charge on any atom is 0.352 e. The quantitative estimate of drug-likeness (QED) is 0.715. The first-order chi connectivity index (χ1) is 9.69. The Morgan fingerprint density at radius 1 is 1.24 bits per heavy atom. The molecule has 1 heterocycles. The van der Waals surface area contributed by atoms with Crippen LogP contribution in [0.2, 0.25) is 0 Å². The van der Waals surface area contributed by atoms with Gasteiger partial charge in [0.25, 0.3) is 0 Å². The van der Waals surface area contributed by atoms with Gasteiger partial charge in [-0.25, -0.2) is 4.79 Å². The second-order valence-corrected chi connectivity index (χ2v) is 5.72. The molecule has 0 fully saturated rings. The van der Waals surface area contributed by atoms with E-state index in [9.17, 15) is 14.4 Å². The summed E-state index contributed by atoms with van der Waals surface area (Å²) < 4.78 is 1.34. The van der Waals surface area contributed by atoms with Crippen LogP contribution in [-0.4, -0.2) is 39.5 Å². The van der Waals surface area contributed by atoms with Gasteiger partial charge in [-0.05, 0) is 32.9 Å². The van der Waals surface area contributed by atoms with Crippen LogP contribution in [0.15, 0.2) is 18.3 Å². The first-order valence-corrected chi connectivity index (χ1v) is 6.65. The Kier molecular flexibility index (Phi) is 5.52. The third-order valence-corrected chi connectivity index (χ3v) is 2.55. The molecule has 0 saturated carbocycles. The standard InChI is InChI=1S/C14H21N3O4/c1-14(2,3)16-11(18)6-7-15-12(19)9-17-8-4-5-10(17)13(20)21/h4-5,8H,6-7,9H2,1-3H3,(H,15,19)(H,16,18)(H,20,21). The van der Waals surface area contributed by atoms with E-state index in [4.69, 9.17) is 5.11 Å². The molecule has 0 saturated heterocycles. The maximum absolute atomic E-state index is 11.7. The minimum atomic E-state index is -1.09. The Morgan fingerprint density at radius 3 is 2.48 bits per heavy atom. The highest BCUT2D eigenvalue weighted by Crippen LogP contribution is 2.02. The van der Waals surface area contributed by atoms with Crippen molar-refractivity contribution in [3.05, 3.63) is 24.0 Å². The van der Waals surface area contributed by atoms with Gasteiger partial charge in [-0.2, -0.15) is 0 Å². The van der Waals surface area contributed by atoms with Gasteiger partial charge in [-0.1, -0.05) is 0 Å². The van der Waals surface area contributed by atoms with Crippen LogP contribution < -0.4 is 10.6 Å². The molecule has 7 nitrogen and oxygen atoms in total. The molecule has 1 rings (SSSR count). The number of carbonyl (C=O) groups is 3. The van der Waals surface area contributed by atoms with Crippen LogP contribution in [0.3, 0.4) is 0 Å². The molecular weight excluding hydrogens is 274 g/mol.